The van der Waals surface area contributed by atoms with E-state index in [1.54, 1.807) is 25.7 Å². The second kappa shape index (κ2) is 9.03. The summed E-state index contributed by atoms with van der Waals surface area (Å²) in [7, 11) is 0. The third-order valence-electron chi connectivity index (χ3n) is 6.44. The van der Waals surface area contributed by atoms with Crippen molar-refractivity contribution >= 4 is 24.0 Å². The molecule has 2 heterocycles. The average molecular weight is 458 g/mol. The summed E-state index contributed by atoms with van der Waals surface area (Å²) < 4.78 is 10.7. The van der Waals surface area contributed by atoms with E-state index in [0.29, 0.717) is 32.2 Å². The van der Waals surface area contributed by atoms with Crippen LogP contribution in [0.3, 0.4) is 0 Å². The Morgan fingerprint density at radius 3 is 2.48 bits per heavy atom. The van der Waals surface area contributed by atoms with E-state index in [1.807, 2.05) is 30.3 Å². The molecule has 9 nitrogen and oxygen atoms in total. The lowest BCUT2D eigenvalue weighted by Gasteiger charge is -2.34. The monoisotopic (exact) mass is 457 g/mol. The van der Waals surface area contributed by atoms with Crippen molar-refractivity contribution in [2.24, 2.45) is 5.92 Å². The molecule has 1 aromatic rings. The minimum absolute atomic E-state index is 0.123. The van der Waals surface area contributed by atoms with Gasteiger partial charge in [-0.05, 0) is 52.0 Å². The first kappa shape index (κ1) is 23.1. The molecule has 1 unspecified atom stereocenters. The molecule has 9 heteroatoms. The number of nitrogens with zero attached hydrogens (tertiary/aromatic N) is 2. The Morgan fingerprint density at radius 1 is 1.06 bits per heavy atom. The Morgan fingerprint density at radius 2 is 1.79 bits per heavy atom. The molecule has 178 valence electrons. The van der Waals surface area contributed by atoms with Gasteiger partial charge in [-0.25, -0.2) is 14.5 Å². The van der Waals surface area contributed by atoms with Crippen LogP contribution in [-0.2, 0) is 25.7 Å². The zero-order valence-electron chi connectivity index (χ0n) is 19.3. The largest absolute Gasteiger partial charge is 0.445 e. The topological polar surface area (TPSA) is 105 Å². The number of hydrogen-bond acceptors (Lipinski definition) is 6. The number of likely N-dealkylation sites (tertiary alicyclic amines) is 2. The van der Waals surface area contributed by atoms with Crippen molar-refractivity contribution in [3.63, 3.8) is 0 Å². The van der Waals surface area contributed by atoms with Crippen molar-refractivity contribution in [1.82, 2.24) is 15.1 Å². The second-order valence-corrected chi connectivity index (χ2v) is 9.91. The van der Waals surface area contributed by atoms with Gasteiger partial charge < -0.3 is 19.7 Å². The summed E-state index contributed by atoms with van der Waals surface area (Å²) >= 11 is 0. The van der Waals surface area contributed by atoms with Crippen LogP contribution < -0.4 is 5.32 Å². The summed E-state index contributed by atoms with van der Waals surface area (Å²) in [6.45, 7) is 5.87. The van der Waals surface area contributed by atoms with Crippen molar-refractivity contribution in [3.05, 3.63) is 35.9 Å². The molecular formula is C24H31N3O6. The highest BCUT2D eigenvalue weighted by Crippen LogP contribution is 2.41. The van der Waals surface area contributed by atoms with Gasteiger partial charge in [0.2, 0.25) is 11.8 Å². The minimum Gasteiger partial charge on any atom is -0.445 e. The summed E-state index contributed by atoms with van der Waals surface area (Å²) in [5.41, 5.74) is 0.171. The third kappa shape index (κ3) is 4.96. The van der Waals surface area contributed by atoms with E-state index in [0.717, 1.165) is 5.56 Å². The summed E-state index contributed by atoms with van der Waals surface area (Å²) in [6, 6.07) is 8.16. The SMILES string of the molecule is CC(C)(C)OC(=O)N1C(=O)[C@@H]2C[C@H]1CC[C@@H]2N1CCC(NC(=O)OCc2ccccc2)C1=O. The lowest BCUT2D eigenvalue weighted by molar-refractivity contribution is -0.136. The fourth-order valence-corrected chi connectivity index (χ4v) is 4.99. The number of imide groups is 1. The van der Waals surface area contributed by atoms with E-state index < -0.39 is 29.7 Å². The van der Waals surface area contributed by atoms with Crippen molar-refractivity contribution in [3.8, 4) is 0 Å². The van der Waals surface area contributed by atoms with Crippen molar-refractivity contribution in [2.75, 3.05) is 6.54 Å². The first-order valence-electron chi connectivity index (χ1n) is 11.5. The molecule has 1 N–H and O–H groups in total. The Kier molecular flexibility index (Phi) is 6.32. The molecule has 1 aromatic carbocycles. The number of hydrogen-bond donors (Lipinski definition) is 1. The predicted molar refractivity (Wildman–Crippen MR) is 118 cm³/mol. The van der Waals surface area contributed by atoms with Crippen molar-refractivity contribution < 1.29 is 28.7 Å². The van der Waals surface area contributed by atoms with Crippen LogP contribution in [0.4, 0.5) is 9.59 Å². The minimum atomic E-state index is -0.688. The van der Waals surface area contributed by atoms with E-state index in [-0.39, 0.29) is 30.5 Å². The highest BCUT2D eigenvalue weighted by atomic mass is 16.6. The van der Waals surface area contributed by atoms with Gasteiger partial charge in [-0.1, -0.05) is 30.3 Å². The van der Waals surface area contributed by atoms with Crippen LogP contribution in [-0.4, -0.2) is 64.1 Å². The van der Waals surface area contributed by atoms with Gasteiger partial charge in [-0.15, -0.1) is 0 Å². The van der Waals surface area contributed by atoms with E-state index in [4.69, 9.17) is 9.47 Å². The molecular weight excluding hydrogens is 426 g/mol. The van der Waals surface area contributed by atoms with Crippen LogP contribution in [0.1, 0.15) is 52.0 Å². The number of amides is 4. The molecule has 4 atom stereocenters. The number of fused-ring (bicyclic) bond motifs is 2. The molecule has 1 aliphatic carbocycles. The molecule has 1 saturated carbocycles. The summed E-state index contributed by atoms with van der Waals surface area (Å²) in [5, 5.41) is 2.65. The van der Waals surface area contributed by atoms with Crippen molar-refractivity contribution in [1.29, 1.82) is 0 Å². The smallest absolute Gasteiger partial charge is 0.417 e. The maximum Gasteiger partial charge on any atom is 0.417 e. The number of ether oxygens (including phenoxy) is 2. The normalized spacial score (nSPS) is 27.0. The molecule has 0 aromatic heterocycles. The summed E-state index contributed by atoms with van der Waals surface area (Å²) in [6.07, 6.45) is 0.995. The fraction of sp³-hybridized carbons (Fsp3) is 0.583. The van der Waals surface area contributed by atoms with Gasteiger partial charge in [-0.2, -0.15) is 0 Å². The molecule has 0 radical (unpaired) electrons. The lowest BCUT2D eigenvalue weighted by Crippen LogP contribution is -2.48. The lowest BCUT2D eigenvalue weighted by atomic mass is 9.84. The molecule has 2 bridgehead atoms. The average Bonchev–Trinajstić information content (AvgIpc) is 3.24. The van der Waals surface area contributed by atoms with Gasteiger partial charge >= 0.3 is 12.2 Å². The standard InChI is InChI=1S/C24H31N3O6/c1-24(2,3)33-23(31)27-16-9-10-19(17(13-16)20(27)28)26-12-11-18(21(26)29)25-22(30)32-14-15-7-5-4-6-8-15/h4-8,16-19H,9-14H2,1-3H3,(H,25,30)/t16-,17-,18?,19+/m1/s1. The Balaban J connectivity index is 1.34. The number of rotatable bonds is 4. The zero-order chi connectivity index (χ0) is 23.8. The van der Waals surface area contributed by atoms with Crippen molar-refractivity contribution in [2.45, 2.75) is 76.8 Å². The van der Waals surface area contributed by atoms with E-state index >= 15 is 0 Å². The van der Waals surface area contributed by atoms with Gasteiger partial charge in [0.05, 0.1) is 5.92 Å². The highest BCUT2D eigenvalue weighted by Gasteiger charge is 2.54. The Labute approximate surface area is 193 Å². The van der Waals surface area contributed by atoms with Crippen LogP contribution in [0.15, 0.2) is 30.3 Å². The number of benzene rings is 1. The van der Waals surface area contributed by atoms with Crippen LogP contribution in [0.2, 0.25) is 0 Å². The highest BCUT2D eigenvalue weighted by molar-refractivity contribution is 5.97. The number of carbonyl (C=O) groups is 4. The van der Waals surface area contributed by atoms with Crippen LogP contribution in [0.25, 0.3) is 0 Å². The third-order valence-corrected chi connectivity index (χ3v) is 6.44. The molecule has 33 heavy (non-hydrogen) atoms. The Hall–Kier alpha value is -3.10. The molecule has 2 aliphatic heterocycles. The van der Waals surface area contributed by atoms with Crippen LogP contribution >= 0.6 is 0 Å². The van der Waals surface area contributed by atoms with Gasteiger partial charge in [0, 0.05) is 18.6 Å². The van der Waals surface area contributed by atoms with Gasteiger partial charge in [0.25, 0.3) is 0 Å². The van der Waals surface area contributed by atoms with Crippen LogP contribution in [0.5, 0.6) is 0 Å². The van der Waals surface area contributed by atoms with E-state index in [2.05, 4.69) is 5.32 Å². The second-order valence-electron chi connectivity index (χ2n) is 9.91. The number of carbonyl (C=O) groups excluding carboxylic acids is 4. The summed E-state index contributed by atoms with van der Waals surface area (Å²) in [5.74, 6) is -0.911. The fourth-order valence-electron chi connectivity index (χ4n) is 4.99. The number of alkyl carbamates (subject to hydrolysis) is 1. The molecule has 4 rings (SSSR count). The van der Waals surface area contributed by atoms with E-state index in [9.17, 15) is 19.2 Å². The first-order chi connectivity index (χ1) is 15.6. The summed E-state index contributed by atoms with van der Waals surface area (Å²) in [4.78, 5) is 53.8. The number of nitrogens with one attached hydrogen (secondary N) is 1. The molecule has 0 spiro atoms. The van der Waals surface area contributed by atoms with E-state index in [1.165, 1.54) is 4.90 Å². The van der Waals surface area contributed by atoms with Gasteiger partial charge in [-0.3, -0.25) is 9.59 Å². The zero-order valence-corrected chi connectivity index (χ0v) is 19.3. The maximum atomic E-state index is 13.1. The molecule has 3 fully saturated rings. The Bertz CT molecular complexity index is 928. The molecule has 4 amide bonds. The van der Waals surface area contributed by atoms with Crippen LogP contribution in [0, 0.1) is 5.92 Å². The van der Waals surface area contributed by atoms with Gasteiger partial charge in [0.15, 0.2) is 0 Å². The quantitative estimate of drug-likeness (QED) is 0.745. The maximum absolute atomic E-state index is 13.1. The predicted octanol–water partition coefficient (Wildman–Crippen LogP) is 2.83. The van der Waals surface area contributed by atoms with Gasteiger partial charge in [0.1, 0.15) is 18.2 Å². The molecule has 3 aliphatic rings. The first-order valence-corrected chi connectivity index (χ1v) is 11.5. The molecule has 2 saturated heterocycles.